The highest BCUT2D eigenvalue weighted by atomic mass is 16.5. The van der Waals surface area contributed by atoms with Gasteiger partial charge in [0.05, 0.1) is 19.3 Å². The molecule has 1 aromatic rings. The molecule has 108 valence electrons. The molecule has 0 bridgehead atoms. The van der Waals surface area contributed by atoms with Crippen molar-refractivity contribution in [2.24, 2.45) is 0 Å². The summed E-state index contributed by atoms with van der Waals surface area (Å²) < 4.78 is 5.55. The molecule has 19 heavy (non-hydrogen) atoms. The second-order valence-corrected chi connectivity index (χ2v) is 4.90. The van der Waals surface area contributed by atoms with E-state index in [1.165, 1.54) is 12.8 Å². The van der Waals surface area contributed by atoms with Crippen LogP contribution >= 0.6 is 0 Å². The molecule has 0 aliphatic carbocycles. The Morgan fingerprint density at radius 2 is 1.95 bits per heavy atom. The van der Waals surface area contributed by atoms with Crippen LogP contribution in [0.3, 0.4) is 0 Å². The lowest BCUT2D eigenvalue weighted by atomic mass is 10.2. The van der Waals surface area contributed by atoms with Gasteiger partial charge in [0.1, 0.15) is 0 Å². The Morgan fingerprint density at radius 3 is 2.58 bits per heavy atom. The van der Waals surface area contributed by atoms with E-state index in [0.717, 1.165) is 18.7 Å². The monoisotopic (exact) mass is 265 g/mol. The highest BCUT2D eigenvalue weighted by Gasteiger charge is 2.10. The number of hydrogen-bond acceptors (Lipinski definition) is 3. The van der Waals surface area contributed by atoms with Crippen LogP contribution in [0.5, 0.6) is 0 Å². The van der Waals surface area contributed by atoms with Gasteiger partial charge in [0.25, 0.3) is 0 Å². The molecule has 0 fully saturated rings. The molecule has 0 heterocycles. The Labute approximate surface area is 117 Å². The first kappa shape index (κ1) is 16.2. The third kappa shape index (κ3) is 7.31. The van der Waals surface area contributed by atoms with Gasteiger partial charge in [0.15, 0.2) is 0 Å². The molecule has 0 aliphatic heterocycles. The molecule has 0 saturated carbocycles. The van der Waals surface area contributed by atoms with E-state index in [4.69, 9.17) is 4.74 Å². The molecule has 1 N–H and O–H groups in total. The summed E-state index contributed by atoms with van der Waals surface area (Å²) in [5.41, 5.74) is 1.15. The molecule has 0 amide bonds. The van der Waals surface area contributed by atoms with Crippen molar-refractivity contribution in [2.75, 3.05) is 26.2 Å². The minimum absolute atomic E-state index is 0.400. The van der Waals surface area contributed by atoms with Gasteiger partial charge in [-0.25, -0.2) is 0 Å². The Morgan fingerprint density at radius 1 is 1.21 bits per heavy atom. The third-order valence-corrected chi connectivity index (χ3v) is 3.17. The van der Waals surface area contributed by atoms with Crippen LogP contribution in [0.15, 0.2) is 30.3 Å². The minimum Gasteiger partial charge on any atom is -0.389 e. The average molecular weight is 265 g/mol. The number of aliphatic hydroxyl groups excluding tert-OH is 1. The number of nitrogens with zero attached hydrogens (tertiary/aromatic N) is 1. The summed E-state index contributed by atoms with van der Waals surface area (Å²) >= 11 is 0. The average Bonchev–Trinajstić information content (AvgIpc) is 2.44. The third-order valence-electron chi connectivity index (χ3n) is 3.17. The van der Waals surface area contributed by atoms with Gasteiger partial charge in [0.2, 0.25) is 0 Å². The standard InChI is InChI=1S/C16H27NO2/c1-3-5-11-17(4-2)12-16(18)14-19-13-15-9-7-6-8-10-15/h6-10,16,18H,3-5,11-14H2,1-2H3/t16-/m0/s1. The normalized spacial score (nSPS) is 12.8. The summed E-state index contributed by atoms with van der Waals surface area (Å²) in [5.74, 6) is 0. The quantitative estimate of drug-likeness (QED) is 0.706. The van der Waals surface area contributed by atoms with Crippen LogP contribution in [0.4, 0.5) is 0 Å². The molecule has 0 aromatic heterocycles. The summed E-state index contributed by atoms with van der Waals surface area (Å²) in [7, 11) is 0. The van der Waals surface area contributed by atoms with Crippen molar-refractivity contribution in [2.45, 2.75) is 39.4 Å². The predicted molar refractivity (Wildman–Crippen MR) is 79.1 cm³/mol. The summed E-state index contributed by atoms with van der Waals surface area (Å²) in [6.07, 6.45) is 1.98. The molecule has 0 aliphatic rings. The van der Waals surface area contributed by atoms with Gasteiger partial charge in [-0.3, -0.25) is 0 Å². The number of rotatable bonds is 10. The van der Waals surface area contributed by atoms with Crippen LogP contribution in [-0.2, 0) is 11.3 Å². The van der Waals surface area contributed by atoms with Crippen molar-refractivity contribution in [1.82, 2.24) is 4.90 Å². The van der Waals surface area contributed by atoms with Crippen LogP contribution in [0.1, 0.15) is 32.3 Å². The second kappa shape index (κ2) is 9.96. The lowest BCUT2D eigenvalue weighted by Crippen LogP contribution is -2.35. The van der Waals surface area contributed by atoms with Crippen LogP contribution < -0.4 is 0 Å². The van der Waals surface area contributed by atoms with Crippen molar-refractivity contribution >= 4 is 0 Å². The van der Waals surface area contributed by atoms with E-state index in [-0.39, 0.29) is 0 Å². The zero-order valence-electron chi connectivity index (χ0n) is 12.2. The fourth-order valence-electron chi connectivity index (χ4n) is 2.00. The van der Waals surface area contributed by atoms with E-state index < -0.39 is 6.10 Å². The highest BCUT2D eigenvalue weighted by Crippen LogP contribution is 2.02. The number of benzene rings is 1. The maximum Gasteiger partial charge on any atom is 0.0900 e. The van der Waals surface area contributed by atoms with Crippen LogP contribution in [0, 0.1) is 0 Å². The summed E-state index contributed by atoms with van der Waals surface area (Å²) in [6.45, 7) is 8.03. The second-order valence-electron chi connectivity index (χ2n) is 4.90. The van der Waals surface area contributed by atoms with Crippen molar-refractivity contribution in [3.63, 3.8) is 0 Å². The lowest BCUT2D eigenvalue weighted by Gasteiger charge is -2.23. The zero-order valence-corrected chi connectivity index (χ0v) is 12.2. The number of aliphatic hydroxyl groups is 1. The topological polar surface area (TPSA) is 32.7 Å². The number of hydrogen-bond donors (Lipinski definition) is 1. The fraction of sp³-hybridized carbons (Fsp3) is 0.625. The van der Waals surface area contributed by atoms with E-state index in [2.05, 4.69) is 18.7 Å². The smallest absolute Gasteiger partial charge is 0.0900 e. The Bertz CT molecular complexity index is 316. The minimum atomic E-state index is -0.402. The molecule has 3 nitrogen and oxygen atoms in total. The predicted octanol–water partition coefficient (Wildman–Crippen LogP) is 2.69. The van der Waals surface area contributed by atoms with Gasteiger partial charge in [0, 0.05) is 6.54 Å². The Balaban J connectivity index is 2.17. The number of likely N-dealkylation sites (N-methyl/N-ethyl adjacent to an activating group) is 1. The summed E-state index contributed by atoms with van der Waals surface area (Å²) in [4.78, 5) is 2.28. The largest absolute Gasteiger partial charge is 0.389 e. The highest BCUT2D eigenvalue weighted by molar-refractivity contribution is 5.13. The van der Waals surface area contributed by atoms with Crippen molar-refractivity contribution in [3.8, 4) is 0 Å². The molecule has 0 saturated heterocycles. The number of unbranched alkanes of at least 4 members (excludes halogenated alkanes) is 1. The summed E-state index contributed by atoms with van der Waals surface area (Å²) in [5, 5.41) is 9.96. The van der Waals surface area contributed by atoms with Gasteiger partial charge in [-0.1, -0.05) is 50.6 Å². The van der Waals surface area contributed by atoms with Crippen LogP contribution in [-0.4, -0.2) is 42.4 Å². The first-order chi connectivity index (χ1) is 9.26. The molecule has 0 spiro atoms. The molecule has 1 rings (SSSR count). The maximum atomic E-state index is 9.96. The lowest BCUT2D eigenvalue weighted by molar-refractivity contribution is 0.0105. The van der Waals surface area contributed by atoms with E-state index in [1.54, 1.807) is 0 Å². The van der Waals surface area contributed by atoms with Gasteiger partial charge in [-0.05, 0) is 25.1 Å². The van der Waals surface area contributed by atoms with Crippen molar-refractivity contribution < 1.29 is 9.84 Å². The molecular weight excluding hydrogens is 238 g/mol. The van der Waals surface area contributed by atoms with Gasteiger partial charge >= 0.3 is 0 Å². The fourth-order valence-corrected chi connectivity index (χ4v) is 2.00. The molecule has 3 heteroatoms. The van der Waals surface area contributed by atoms with Crippen molar-refractivity contribution in [3.05, 3.63) is 35.9 Å². The van der Waals surface area contributed by atoms with Crippen LogP contribution in [0.2, 0.25) is 0 Å². The molecule has 1 atom stereocenters. The van der Waals surface area contributed by atoms with Gasteiger partial charge in [-0.2, -0.15) is 0 Å². The number of ether oxygens (including phenoxy) is 1. The van der Waals surface area contributed by atoms with Gasteiger partial charge in [-0.15, -0.1) is 0 Å². The van der Waals surface area contributed by atoms with Crippen LogP contribution in [0.25, 0.3) is 0 Å². The Kier molecular flexibility index (Phi) is 8.47. The first-order valence-corrected chi connectivity index (χ1v) is 7.28. The molecule has 0 unspecified atom stereocenters. The molecular formula is C16H27NO2. The maximum absolute atomic E-state index is 9.96. The van der Waals surface area contributed by atoms with E-state index >= 15 is 0 Å². The van der Waals surface area contributed by atoms with Crippen molar-refractivity contribution in [1.29, 1.82) is 0 Å². The molecule has 0 radical (unpaired) electrons. The first-order valence-electron chi connectivity index (χ1n) is 7.28. The summed E-state index contributed by atoms with van der Waals surface area (Å²) in [6, 6.07) is 10.1. The van der Waals surface area contributed by atoms with E-state index in [1.807, 2.05) is 30.3 Å². The van der Waals surface area contributed by atoms with E-state index in [9.17, 15) is 5.11 Å². The Hall–Kier alpha value is -0.900. The van der Waals surface area contributed by atoms with E-state index in [0.29, 0.717) is 19.8 Å². The molecule has 1 aromatic carbocycles. The van der Waals surface area contributed by atoms with Gasteiger partial charge < -0.3 is 14.7 Å². The SMILES string of the molecule is CCCCN(CC)C[C@H](O)COCc1ccccc1. The zero-order chi connectivity index (χ0) is 13.9.